The minimum atomic E-state index is -4.71. The molecule has 1 saturated heterocycles. The van der Waals surface area contributed by atoms with Gasteiger partial charge < -0.3 is 10.2 Å². The van der Waals surface area contributed by atoms with Crippen molar-refractivity contribution < 1.29 is 18.0 Å². The Morgan fingerprint density at radius 1 is 1.25 bits per heavy atom. The molecule has 2 aliphatic rings. The summed E-state index contributed by atoms with van der Waals surface area (Å²) in [5.41, 5.74) is 0.319. The summed E-state index contributed by atoms with van der Waals surface area (Å²) in [4.78, 5) is 19.0. The fraction of sp³-hybridized carbons (Fsp3) is 0.417. The average molecular weight is 460 g/mol. The second kappa shape index (κ2) is 8.15. The second-order valence-electron chi connectivity index (χ2n) is 8.85. The summed E-state index contributed by atoms with van der Waals surface area (Å²) in [5.74, 6) is 0.379. The molecular formula is C24H24F3N3OS. The maximum absolute atomic E-state index is 13.5. The lowest BCUT2D eigenvalue weighted by Gasteiger charge is -2.20. The van der Waals surface area contributed by atoms with Crippen LogP contribution in [-0.4, -0.2) is 34.9 Å². The number of hydrogen-bond donors (Lipinski definition) is 1. The Labute approximate surface area is 188 Å². The van der Waals surface area contributed by atoms with E-state index in [1.54, 1.807) is 17.5 Å². The highest BCUT2D eigenvalue weighted by Crippen LogP contribution is 2.48. The number of nitrogens with zero attached hydrogens (tertiary/aromatic N) is 2. The summed E-state index contributed by atoms with van der Waals surface area (Å²) in [6.07, 6.45) is -0.994. The van der Waals surface area contributed by atoms with Crippen molar-refractivity contribution >= 4 is 33.1 Å². The number of fused-ring (bicyclic) bond motifs is 1. The molecule has 32 heavy (non-hydrogen) atoms. The third-order valence-corrected chi connectivity index (χ3v) is 7.48. The Kier molecular flexibility index (Phi) is 5.45. The molecule has 1 N–H and O–H groups in total. The maximum atomic E-state index is 13.5. The molecule has 3 aromatic rings. The molecular weight excluding hydrogens is 435 g/mol. The van der Waals surface area contributed by atoms with E-state index in [0.717, 1.165) is 13.0 Å². The summed E-state index contributed by atoms with van der Waals surface area (Å²) in [6, 6.07) is 10.9. The van der Waals surface area contributed by atoms with E-state index in [9.17, 15) is 18.0 Å². The van der Waals surface area contributed by atoms with E-state index in [-0.39, 0.29) is 5.52 Å². The van der Waals surface area contributed by atoms with Crippen LogP contribution >= 0.6 is 11.3 Å². The van der Waals surface area contributed by atoms with Crippen LogP contribution in [0.2, 0.25) is 0 Å². The molecule has 1 saturated carbocycles. The quantitative estimate of drug-likeness (QED) is 0.497. The van der Waals surface area contributed by atoms with Crippen molar-refractivity contribution in [1.29, 1.82) is 0 Å². The first-order valence-electron chi connectivity index (χ1n) is 10.9. The number of pyridine rings is 1. The third-order valence-electron chi connectivity index (χ3n) is 6.63. The Balaban J connectivity index is 1.28. The predicted molar refractivity (Wildman–Crippen MR) is 120 cm³/mol. The molecule has 3 heterocycles. The zero-order chi connectivity index (χ0) is 22.5. The molecule has 3 atom stereocenters. The van der Waals surface area contributed by atoms with E-state index in [2.05, 4.69) is 22.1 Å². The fourth-order valence-corrected chi connectivity index (χ4v) is 5.48. The van der Waals surface area contributed by atoms with Gasteiger partial charge in [0.15, 0.2) is 5.69 Å². The van der Waals surface area contributed by atoms with Crippen molar-refractivity contribution in [1.82, 2.24) is 9.88 Å². The van der Waals surface area contributed by atoms with Gasteiger partial charge >= 0.3 is 6.18 Å². The largest absolute Gasteiger partial charge is 0.434 e. The number of benzene rings is 1. The zero-order valence-corrected chi connectivity index (χ0v) is 18.5. The molecule has 1 aromatic carbocycles. The van der Waals surface area contributed by atoms with Crippen LogP contribution < -0.4 is 5.32 Å². The van der Waals surface area contributed by atoms with Crippen molar-refractivity contribution in [2.45, 2.75) is 44.3 Å². The van der Waals surface area contributed by atoms with Gasteiger partial charge in [-0.1, -0.05) is 12.1 Å². The van der Waals surface area contributed by atoms with E-state index < -0.39 is 23.3 Å². The van der Waals surface area contributed by atoms with E-state index in [1.165, 1.54) is 48.4 Å². The molecule has 0 bridgehead atoms. The number of carbonyl (C=O) groups is 1. The lowest BCUT2D eigenvalue weighted by molar-refractivity contribution is -0.141. The van der Waals surface area contributed by atoms with Crippen LogP contribution in [0.5, 0.6) is 0 Å². The Morgan fingerprint density at radius 2 is 2.03 bits per heavy atom. The number of nitrogens with one attached hydrogen (secondary N) is 1. The summed E-state index contributed by atoms with van der Waals surface area (Å²) < 4.78 is 41.0. The molecule has 1 unspecified atom stereocenters. The number of likely N-dealkylation sites (tertiary alicyclic amines) is 1. The first-order chi connectivity index (χ1) is 15.3. The number of hydrogen-bond acceptors (Lipinski definition) is 4. The molecule has 4 nitrogen and oxygen atoms in total. The van der Waals surface area contributed by atoms with Gasteiger partial charge in [-0.2, -0.15) is 13.2 Å². The summed E-state index contributed by atoms with van der Waals surface area (Å²) in [6.45, 7) is 4.60. The van der Waals surface area contributed by atoms with Crippen LogP contribution in [0.4, 0.5) is 18.9 Å². The van der Waals surface area contributed by atoms with Crippen molar-refractivity contribution in [3.8, 4) is 0 Å². The smallest absolute Gasteiger partial charge is 0.322 e. The SMILES string of the molecule is C[C@H]1CCCN1CC1C[C@@H]1c1ccc(NC(=O)c2cc3sccc3nc2C(F)(F)F)cc1. The van der Waals surface area contributed by atoms with Gasteiger partial charge in [-0.3, -0.25) is 4.79 Å². The van der Waals surface area contributed by atoms with Crippen molar-refractivity contribution in [2.24, 2.45) is 5.92 Å². The molecule has 0 radical (unpaired) electrons. The summed E-state index contributed by atoms with van der Waals surface area (Å²) in [7, 11) is 0. The number of halogens is 3. The number of rotatable bonds is 5. The van der Waals surface area contributed by atoms with Gasteiger partial charge in [-0.15, -0.1) is 11.3 Å². The highest BCUT2D eigenvalue weighted by atomic mass is 32.1. The molecule has 1 aliphatic heterocycles. The molecule has 8 heteroatoms. The van der Waals surface area contributed by atoms with Gasteiger partial charge in [0.1, 0.15) is 0 Å². The molecule has 0 spiro atoms. The third kappa shape index (κ3) is 4.26. The lowest BCUT2D eigenvalue weighted by atomic mass is 10.1. The summed E-state index contributed by atoms with van der Waals surface area (Å²) >= 11 is 1.25. The topological polar surface area (TPSA) is 45.2 Å². The molecule has 2 aromatic heterocycles. The highest BCUT2D eigenvalue weighted by molar-refractivity contribution is 7.17. The Hall–Kier alpha value is -2.45. The number of alkyl halides is 3. The molecule has 2 fully saturated rings. The molecule has 5 rings (SSSR count). The standard InChI is InChI=1S/C24H24F3N3OS/c1-14-3-2-9-30(14)13-16-11-18(16)15-4-6-17(7-5-15)28-23(31)19-12-21-20(8-10-32-21)29-22(19)24(25,26)27/h4-8,10,12,14,16,18H,2-3,9,11,13H2,1H3,(H,28,31)/t14-,16?,18+/m0/s1. The monoisotopic (exact) mass is 459 g/mol. The van der Waals surface area contributed by atoms with Crippen molar-refractivity contribution in [3.05, 3.63) is 58.6 Å². The molecule has 1 aliphatic carbocycles. The van der Waals surface area contributed by atoms with Crippen LogP contribution in [0.1, 0.15) is 53.7 Å². The minimum Gasteiger partial charge on any atom is -0.322 e. The first kappa shape index (κ1) is 21.4. The lowest BCUT2D eigenvalue weighted by Crippen LogP contribution is -2.29. The highest BCUT2D eigenvalue weighted by Gasteiger charge is 2.40. The Bertz CT molecular complexity index is 1140. The van der Waals surface area contributed by atoms with E-state index in [1.807, 2.05) is 12.1 Å². The van der Waals surface area contributed by atoms with Crippen LogP contribution in [-0.2, 0) is 6.18 Å². The van der Waals surface area contributed by atoms with Gasteiger partial charge in [-0.25, -0.2) is 4.98 Å². The van der Waals surface area contributed by atoms with Gasteiger partial charge in [-0.05, 0) is 79.8 Å². The van der Waals surface area contributed by atoms with Crippen molar-refractivity contribution in [3.63, 3.8) is 0 Å². The number of aromatic nitrogens is 1. The van der Waals surface area contributed by atoms with Gasteiger partial charge in [0.05, 0.1) is 15.8 Å². The van der Waals surface area contributed by atoms with E-state index in [0.29, 0.717) is 28.3 Å². The van der Waals surface area contributed by atoms with E-state index in [4.69, 9.17) is 0 Å². The second-order valence-corrected chi connectivity index (χ2v) is 9.80. The Morgan fingerprint density at radius 3 is 2.72 bits per heavy atom. The minimum absolute atomic E-state index is 0.241. The normalized spacial score (nSPS) is 23.6. The molecule has 1 amide bonds. The van der Waals surface area contributed by atoms with Gasteiger partial charge in [0.2, 0.25) is 0 Å². The number of thiophene rings is 1. The zero-order valence-electron chi connectivity index (χ0n) is 17.7. The number of carbonyl (C=O) groups excluding carboxylic acids is 1. The maximum Gasteiger partial charge on any atom is 0.434 e. The van der Waals surface area contributed by atoms with E-state index >= 15 is 0 Å². The van der Waals surface area contributed by atoms with Crippen LogP contribution in [0, 0.1) is 5.92 Å². The predicted octanol–water partition coefficient (Wildman–Crippen LogP) is 6.16. The van der Waals surface area contributed by atoms with Crippen LogP contribution in [0.25, 0.3) is 10.2 Å². The number of amides is 1. The van der Waals surface area contributed by atoms with Crippen molar-refractivity contribution in [2.75, 3.05) is 18.4 Å². The van der Waals surface area contributed by atoms with Crippen LogP contribution in [0.3, 0.4) is 0 Å². The molecule has 168 valence electrons. The number of anilines is 1. The first-order valence-corrected chi connectivity index (χ1v) is 11.8. The van der Waals surface area contributed by atoms with Gasteiger partial charge in [0.25, 0.3) is 5.91 Å². The van der Waals surface area contributed by atoms with Gasteiger partial charge in [0, 0.05) is 18.3 Å². The van der Waals surface area contributed by atoms with Crippen LogP contribution in [0.15, 0.2) is 41.8 Å². The average Bonchev–Trinajstić information content (AvgIpc) is 3.15. The fourth-order valence-electron chi connectivity index (χ4n) is 4.72. The summed E-state index contributed by atoms with van der Waals surface area (Å²) in [5, 5.41) is 4.27.